The van der Waals surface area contributed by atoms with Crippen LogP contribution < -0.4 is 0 Å². The highest BCUT2D eigenvalue weighted by atomic mass is 35.5. The lowest BCUT2D eigenvalue weighted by Gasteiger charge is -2.04. The molecule has 0 bridgehead atoms. The molecule has 0 saturated carbocycles. The first-order valence-electron chi connectivity index (χ1n) is 10.5. The smallest absolute Gasteiger partial charge is 0.0654 e. The second kappa shape index (κ2) is 10.0. The number of rotatable bonds is 11. The van der Waals surface area contributed by atoms with Gasteiger partial charge in [-0.1, -0.05) is 94.5 Å². The molecule has 0 aliphatic heterocycles. The van der Waals surface area contributed by atoms with Crippen LogP contribution in [-0.2, 0) is 6.42 Å². The number of benzene rings is 2. The number of H-pyrrole nitrogens is 1. The average Bonchev–Trinajstić information content (AvgIpc) is 3.03. The van der Waals surface area contributed by atoms with Gasteiger partial charge >= 0.3 is 0 Å². The highest BCUT2D eigenvalue weighted by molar-refractivity contribution is 6.36. The van der Waals surface area contributed by atoms with Crippen molar-refractivity contribution >= 4 is 33.4 Å². The van der Waals surface area contributed by atoms with Crippen LogP contribution in [0.5, 0.6) is 0 Å². The molecule has 0 atom stereocenters. The van der Waals surface area contributed by atoms with Crippen LogP contribution in [0.3, 0.4) is 0 Å². The van der Waals surface area contributed by atoms with E-state index in [-0.39, 0.29) is 0 Å². The minimum absolute atomic E-state index is 0.801. The van der Waals surface area contributed by atoms with Gasteiger partial charge in [0, 0.05) is 16.3 Å². The lowest BCUT2D eigenvalue weighted by atomic mass is 10.0. The highest BCUT2D eigenvalue weighted by Crippen LogP contribution is 2.30. The van der Waals surface area contributed by atoms with E-state index in [2.05, 4.69) is 36.2 Å². The Morgan fingerprint density at radius 3 is 2.19 bits per heavy atom. The van der Waals surface area contributed by atoms with Crippen LogP contribution in [0.15, 0.2) is 36.4 Å². The van der Waals surface area contributed by atoms with E-state index < -0.39 is 0 Å². The van der Waals surface area contributed by atoms with Crippen molar-refractivity contribution in [3.8, 4) is 0 Å². The number of nitrogens with one attached hydrogen (secondary N) is 1. The van der Waals surface area contributed by atoms with Gasteiger partial charge < -0.3 is 4.98 Å². The number of para-hydroxylation sites is 1. The van der Waals surface area contributed by atoms with Gasteiger partial charge in [0.1, 0.15) is 0 Å². The summed E-state index contributed by atoms with van der Waals surface area (Å²) in [5.41, 5.74) is 3.68. The molecule has 1 nitrogen and oxygen atoms in total. The lowest BCUT2D eigenvalue weighted by molar-refractivity contribution is 0.556. The number of unbranched alkanes of at least 4 members (excludes halogenated alkanes) is 9. The number of aryl methyl sites for hydroxylation is 1. The third-order valence-corrected chi connectivity index (χ3v) is 5.78. The van der Waals surface area contributed by atoms with E-state index in [1.165, 1.54) is 92.5 Å². The fourth-order valence-electron chi connectivity index (χ4n) is 3.91. The minimum atomic E-state index is 0.801. The molecule has 0 fully saturated rings. The summed E-state index contributed by atoms with van der Waals surface area (Å²) in [7, 11) is 0. The van der Waals surface area contributed by atoms with Crippen molar-refractivity contribution in [1.29, 1.82) is 0 Å². The van der Waals surface area contributed by atoms with E-state index in [9.17, 15) is 0 Å². The molecule has 1 N–H and O–H groups in total. The first-order valence-corrected chi connectivity index (χ1v) is 10.9. The summed E-state index contributed by atoms with van der Waals surface area (Å²) >= 11 is 6.32. The molecule has 1 aromatic heterocycles. The Morgan fingerprint density at radius 1 is 0.769 bits per heavy atom. The lowest BCUT2D eigenvalue weighted by Crippen LogP contribution is -1.87. The Kier molecular flexibility index (Phi) is 7.43. The molecule has 2 heteroatoms. The van der Waals surface area contributed by atoms with Crippen molar-refractivity contribution in [3.05, 3.63) is 47.0 Å². The Hall–Kier alpha value is -1.47. The van der Waals surface area contributed by atoms with E-state index in [1.807, 2.05) is 12.1 Å². The van der Waals surface area contributed by atoms with Gasteiger partial charge in [-0.15, -0.1) is 0 Å². The first kappa shape index (κ1) is 19.3. The zero-order valence-corrected chi connectivity index (χ0v) is 16.9. The van der Waals surface area contributed by atoms with Crippen molar-refractivity contribution in [1.82, 2.24) is 4.98 Å². The summed E-state index contributed by atoms with van der Waals surface area (Å²) in [5, 5.41) is 3.33. The van der Waals surface area contributed by atoms with Gasteiger partial charge in [-0.05, 0) is 36.6 Å². The van der Waals surface area contributed by atoms with Gasteiger partial charge in [0.15, 0.2) is 0 Å². The molecule has 2 aromatic carbocycles. The first-order chi connectivity index (χ1) is 12.8. The summed E-state index contributed by atoms with van der Waals surface area (Å²) in [5.74, 6) is 0. The molecular weight excluding hydrogens is 338 g/mol. The summed E-state index contributed by atoms with van der Waals surface area (Å²) in [6.07, 6.45) is 15.1. The Labute approximate surface area is 163 Å². The Balaban J connectivity index is 1.43. The number of fused-ring (bicyclic) bond motifs is 3. The number of hydrogen-bond acceptors (Lipinski definition) is 0. The van der Waals surface area contributed by atoms with E-state index >= 15 is 0 Å². The van der Waals surface area contributed by atoms with Crippen LogP contribution in [0.25, 0.3) is 21.8 Å². The maximum atomic E-state index is 6.32. The summed E-state index contributed by atoms with van der Waals surface area (Å²) in [6, 6.07) is 13.0. The zero-order valence-electron chi connectivity index (χ0n) is 16.1. The molecule has 0 aliphatic carbocycles. The van der Waals surface area contributed by atoms with E-state index in [1.54, 1.807) is 0 Å². The monoisotopic (exact) mass is 369 g/mol. The van der Waals surface area contributed by atoms with Crippen LogP contribution in [0.4, 0.5) is 0 Å². The average molecular weight is 370 g/mol. The minimum Gasteiger partial charge on any atom is -0.353 e. The van der Waals surface area contributed by atoms with Crippen LogP contribution in [0.2, 0.25) is 5.02 Å². The van der Waals surface area contributed by atoms with Gasteiger partial charge in [-0.25, -0.2) is 0 Å². The molecule has 1 heterocycles. The standard InChI is InChI=1S/C24H32ClN/c1-2-3-4-5-6-7-8-9-10-11-13-19-16-17-23-21(18-19)20-14-12-15-22(25)24(20)26-23/h12,14-18,26H,2-11,13H2,1H3. The molecule has 3 rings (SSSR count). The predicted octanol–water partition coefficient (Wildman–Crippen LogP) is 8.44. The summed E-state index contributed by atoms with van der Waals surface area (Å²) < 4.78 is 0. The largest absolute Gasteiger partial charge is 0.353 e. The Bertz CT molecular complexity index is 818. The second-order valence-corrected chi connectivity index (χ2v) is 8.01. The fourth-order valence-corrected chi connectivity index (χ4v) is 4.13. The van der Waals surface area contributed by atoms with E-state index in [0.717, 1.165) is 10.5 Å². The number of aromatic amines is 1. The van der Waals surface area contributed by atoms with Gasteiger partial charge in [-0.3, -0.25) is 0 Å². The van der Waals surface area contributed by atoms with Gasteiger partial charge in [0.2, 0.25) is 0 Å². The molecule has 26 heavy (non-hydrogen) atoms. The molecular formula is C24H32ClN. The topological polar surface area (TPSA) is 15.8 Å². The van der Waals surface area contributed by atoms with Gasteiger partial charge in [0.05, 0.1) is 10.5 Å². The van der Waals surface area contributed by atoms with E-state index in [4.69, 9.17) is 11.6 Å². The molecule has 0 spiro atoms. The number of halogens is 1. The predicted molar refractivity (Wildman–Crippen MR) is 116 cm³/mol. The summed E-state index contributed by atoms with van der Waals surface area (Å²) in [4.78, 5) is 3.45. The van der Waals surface area contributed by atoms with Gasteiger partial charge in [0.25, 0.3) is 0 Å². The third-order valence-electron chi connectivity index (χ3n) is 5.47. The van der Waals surface area contributed by atoms with Crippen molar-refractivity contribution in [3.63, 3.8) is 0 Å². The molecule has 0 radical (unpaired) electrons. The maximum absolute atomic E-state index is 6.32. The number of aromatic nitrogens is 1. The third kappa shape index (κ3) is 5.04. The molecule has 0 unspecified atom stereocenters. The molecule has 140 valence electrons. The van der Waals surface area contributed by atoms with Crippen molar-refractivity contribution in [2.45, 2.75) is 77.6 Å². The molecule has 0 amide bonds. The second-order valence-electron chi connectivity index (χ2n) is 7.60. The van der Waals surface area contributed by atoms with Crippen LogP contribution in [0.1, 0.15) is 76.7 Å². The van der Waals surface area contributed by atoms with E-state index in [0.29, 0.717) is 0 Å². The van der Waals surface area contributed by atoms with Gasteiger partial charge in [-0.2, -0.15) is 0 Å². The quantitative estimate of drug-likeness (QED) is 0.326. The zero-order chi connectivity index (χ0) is 18.2. The maximum Gasteiger partial charge on any atom is 0.0654 e. The summed E-state index contributed by atoms with van der Waals surface area (Å²) in [6.45, 7) is 2.28. The highest BCUT2D eigenvalue weighted by Gasteiger charge is 2.07. The fraction of sp³-hybridized carbons (Fsp3) is 0.500. The van der Waals surface area contributed by atoms with Crippen molar-refractivity contribution in [2.75, 3.05) is 0 Å². The van der Waals surface area contributed by atoms with Crippen LogP contribution >= 0.6 is 11.6 Å². The van der Waals surface area contributed by atoms with Crippen LogP contribution in [-0.4, -0.2) is 4.98 Å². The van der Waals surface area contributed by atoms with Crippen molar-refractivity contribution < 1.29 is 0 Å². The van der Waals surface area contributed by atoms with Crippen molar-refractivity contribution in [2.24, 2.45) is 0 Å². The Morgan fingerprint density at radius 2 is 1.46 bits per heavy atom. The molecule has 3 aromatic rings. The molecule has 0 aliphatic rings. The number of hydrogen-bond donors (Lipinski definition) is 1. The normalized spacial score (nSPS) is 11.6. The van der Waals surface area contributed by atoms with Crippen LogP contribution in [0, 0.1) is 0 Å². The molecule has 0 saturated heterocycles. The SMILES string of the molecule is CCCCCCCCCCCCc1ccc2[nH]c3c(Cl)cccc3c2c1.